The van der Waals surface area contributed by atoms with E-state index in [0.29, 0.717) is 11.4 Å². The Morgan fingerprint density at radius 1 is 0.941 bits per heavy atom. The lowest BCUT2D eigenvalue weighted by Crippen LogP contribution is -2.05. The summed E-state index contributed by atoms with van der Waals surface area (Å²) < 4.78 is 72.4. The molecule has 0 aliphatic heterocycles. The van der Waals surface area contributed by atoms with Crippen molar-refractivity contribution in [2.24, 2.45) is 0 Å². The minimum atomic E-state index is -4.53. The number of hydrogen-bond donors (Lipinski definition) is 1. The summed E-state index contributed by atoms with van der Waals surface area (Å²) in [5.74, 6) is 0.434. The van der Waals surface area contributed by atoms with Gasteiger partial charge in [-0.1, -0.05) is 17.3 Å². The summed E-state index contributed by atoms with van der Waals surface area (Å²) in [7, 11) is 0. The van der Waals surface area contributed by atoms with Crippen LogP contribution >= 0.6 is 0 Å². The number of nitrogens with zero attached hydrogens (tertiary/aromatic N) is 6. The summed E-state index contributed by atoms with van der Waals surface area (Å²) in [6, 6.07) is 8.27. The molecule has 0 atom stereocenters. The Morgan fingerprint density at radius 2 is 1.68 bits per heavy atom. The number of halogens is 5. The zero-order chi connectivity index (χ0) is 24.0. The largest absolute Gasteiger partial charge is 0.416 e. The zero-order valence-corrected chi connectivity index (χ0v) is 16.8. The van der Waals surface area contributed by atoms with Crippen LogP contribution in [0.3, 0.4) is 0 Å². The van der Waals surface area contributed by atoms with Crippen LogP contribution in [0.5, 0.6) is 0 Å². The Kier molecular flexibility index (Phi) is 4.96. The van der Waals surface area contributed by atoms with Crippen LogP contribution in [0, 0.1) is 0 Å². The van der Waals surface area contributed by atoms with Crippen LogP contribution in [0.1, 0.15) is 17.7 Å². The second kappa shape index (κ2) is 7.86. The highest BCUT2D eigenvalue weighted by molar-refractivity contribution is 5.75. The molecule has 2 N–H and O–H groups in total. The third kappa shape index (κ3) is 3.80. The Hall–Kier alpha value is -4.42. The van der Waals surface area contributed by atoms with E-state index in [9.17, 15) is 22.0 Å². The van der Waals surface area contributed by atoms with Crippen LogP contribution in [-0.2, 0) is 6.18 Å². The van der Waals surface area contributed by atoms with Gasteiger partial charge in [0.15, 0.2) is 5.65 Å². The van der Waals surface area contributed by atoms with E-state index in [0.717, 1.165) is 34.8 Å². The summed E-state index contributed by atoms with van der Waals surface area (Å²) in [5, 5.41) is 7.82. The van der Waals surface area contributed by atoms with E-state index < -0.39 is 23.9 Å². The van der Waals surface area contributed by atoms with E-state index >= 15 is 0 Å². The Morgan fingerprint density at radius 3 is 2.32 bits per heavy atom. The summed E-state index contributed by atoms with van der Waals surface area (Å²) in [6.07, 6.45) is -4.79. The van der Waals surface area contributed by atoms with Crippen molar-refractivity contribution in [2.45, 2.75) is 12.6 Å². The van der Waals surface area contributed by atoms with Gasteiger partial charge in [-0.25, -0.2) is 23.3 Å². The van der Waals surface area contributed by atoms with Crippen LogP contribution in [0.4, 0.5) is 27.8 Å². The first-order valence-corrected chi connectivity index (χ1v) is 9.61. The lowest BCUT2D eigenvalue weighted by molar-refractivity contribution is -0.137. The normalized spacial score (nSPS) is 12.1. The first-order valence-electron chi connectivity index (χ1n) is 9.61. The number of nitrogens with two attached hydrogens (primary N) is 1. The van der Waals surface area contributed by atoms with Crippen molar-refractivity contribution in [3.05, 3.63) is 66.1 Å². The number of anilines is 1. The molecule has 0 saturated heterocycles. The molecule has 0 amide bonds. The van der Waals surface area contributed by atoms with Gasteiger partial charge in [-0.15, -0.1) is 0 Å². The second-order valence-corrected chi connectivity index (χ2v) is 7.13. The zero-order valence-electron chi connectivity index (χ0n) is 16.8. The van der Waals surface area contributed by atoms with E-state index in [1.807, 2.05) is 0 Å². The van der Waals surface area contributed by atoms with Gasteiger partial charge in [0.05, 0.1) is 17.5 Å². The number of rotatable bonds is 4. The van der Waals surface area contributed by atoms with Crippen molar-refractivity contribution in [3.8, 4) is 34.1 Å². The fourth-order valence-electron chi connectivity index (χ4n) is 3.26. The Bertz CT molecular complexity index is 1470. The minimum Gasteiger partial charge on any atom is -0.384 e. The maximum absolute atomic E-state index is 13.8. The van der Waals surface area contributed by atoms with Crippen LogP contribution in [-0.4, -0.2) is 29.7 Å². The summed E-state index contributed by atoms with van der Waals surface area (Å²) in [6.45, 7) is 0. The van der Waals surface area contributed by atoms with Gasteiger partial charge >= 0.3 is 6.18 Å². The molecule has 4 heterocycles. The van der Waals surface area contributed by atoms with E-state index in [1.165, 1.54) is 12.4 Å². The molecule has 0 aliphatic rings. The van der Waals surface area contributed by atoms with Gasteiger partial charge in [-0.05, 0) is 30.3 Å². The molecule has 0 fully saturated rings. The van der Waals surface area contributed by atoms with Crippen molar-refractivity contribution < 1.29 is 26.5 Å². The molecule has 8 nitrogen and oxygen atoms in total. The lowest BCUT2D eigenvalue weighted by atomic mass is 10.1. The number of benzene rings is 1. The molecular weight excluding hydrogens is 461 g/mol. The predicted molar refractivity (Wildman–Crippen MR) is 109 cm³/mol. The highest BCUT2D eigenvalue weighted by atomic mass is 19.4. The average Bonchev–Trinajstić information content (AvgIpc) is 3.45. The third-order valence-electron chi connectivity index (χ3n) is 4.93. The number of pyridine rings is 1. The standard InChI is InChI=1S/C21H12F5N7O/c22-17(23)15-7-14(10-1-4-12(5-2-10)21(24,25)26)30-19-13(9-29-33(15)19)20-31-18(32-34-20)11-3-6-16(27)28-8-11/h1-9,17H,(H2,27,28). The summed E-state index contributed by atoms with van der Waals surface area (Å²) >= 11 is 0. The monoisotopic (exact) mass is 473 g/mol. The molecular formula is C21H12F5N7O. The van der Waals surface area contributed by atoms with Crippen molar-refractivity contribution >= 4 is 11.5 Å². The highest BCUT2D eigenvalue weighted by Crippen LogP contribution is 2.33. The molecule has 0 unspecified atom stereocenters. The second-order valence-electron chi connectivity index (χ2n) is 7.13. The van der Waals surface area contributed by atoms with Crippen molar-refractivity contribution in [3.63, 3.8) is 0 Å². The van der Waals surface area contributed by atoms with E-state index in [4.69, 9.17) is 10.3 Å². The molecule has 34 heavy (non-hydrogen) atoms. The fourth-order valence-corrected chi connectivity index (χ4v) is 3.26. The number of fused-ring (bicyclic) bond motifs is 1. The van der Waals surface area contributed by atoms with Gasteiger partial charge in [0.25, 0.3) is 12.3 Å². The van der Waals surface area contributed by atoms with Gasteiger partial charge in [-0.3, -0.25) is 0 Å². The summed E-state index contributed by atoms with van der Waals surface area (Å²) in [4.78, 5) is 12.5. The molecule has 1 aromatic carbocycles. The first-order chi connectivity index (χ1) is 16.2. The maximum Gasteiger partial charge on any atom is 0.416 e. The van der Waals surface area contributed by atoms with Crippen molar-refractivity contribution in [1.29, 1.82) is 0 Å². The lowest BCUT2D eigenvalue weighted by Gasteiger charge is -2.10. The quantitative estimate of drug-likeness (QED) is 0.364. The molecule has 0 bridgehead atoms. The third-order valence-corrected chi connectivity index (χ3v) is 4.93. The molecule has 0 spiro atoms. The molecule has 0 radical (unpaired) electrons. The smallest absolute Gasteiger partial charge is 0.384 e. The Balaban J connectivity index is 1.61. The molecule has 4 aromatic heterocycles. The summed E-state index contributed by atoms with van der Waals surface area (Å²) in [5.41, 5.74) is 5.08. The van der Waals surface area contributed by atoms with E-state index in [2.05, 4.69) is 25.2 Å². The number of alkyl halides is 5. The molecule has 0 aliphatic carbocycles. The SMILES string of the molecule is Nc1ccc(-c2noc(-c3cnn4c(C(F)F)cc(-c5ccc(C(F)(F)F)cc5)nc34)n2)cn1. The van der Waals surface area contributed by atoms with E-state index in [1.54, 1.807) is 12.1 Å². The van der Waals surface area contributed by atoms with Crippen molar-refractivity contribution in [1.82, 2.24) is 29.7 Å². The van der Waals surface area contributed by atoms with Crippen LogP contribution in [0.15, 0.2) is 59.4 Å². The highest BCUT2D eigenvalue weighted by Gasteiger charge is 2.30. The molecule has 5 rings (SSSR count). The van der Waals surface area contributed by atoms with E-state index in [-0.39, 0.29) is 34.2 Å². The minimum absolute atomic E-state index is 0.0285. The maximum atomic E-state index is 13.8. The fraction of sp³-hybridized carbons (Fsp3) is 0.0952. The molecule has 0 saturated carbocycles. The van der Waals surface area contributed by atoms with Crippen LogP contribution < -0.4 is 5.73 Å². The van der Waals surface area contributed by atoms with Crippen LogP contribution in [0.2, 0.25) is 0 Å². The van der Waals surface area contributed by atoms with Gasteiger partial charge in [0, 0.05) is 17.3 Å². The predicted octanol–water partition coefficient (Wildman–Crippen LogP) is 5.05. The van der Waals surface area contributed by atoms with Crippen LogP contribution in [0.25, 0.3) is 39.7 Å². The van der Waals surface area contributed by atoms with Crippen molar-refractivity contribution in [2.75, 3.05) is 5.73 Å². The van der Waals surface area contributed by atoms with Gasteiger partial charge in [-0.2, -0.15) is 23.3 Å². The van der Waals surface area contributed by atoms with Gasteiger partial charge < -0.3 is 10.3 Å². The average molecular weight is 473 g/mol. The number of nitrogen functional groups attached to an aromatic ring is 1. The number of hydrogen-bond acceptors (Lipinski definition) is 7. The number of aromatic nitrogens is 6. The first kappa shape index (κ1) is 21.4. The molecule has 13 heteroatoms. The molecule has 5 aromatic rings. The van der Waals surface area contributed by atoms with Gasteiger partial charge in [0.2, 0.25) is 5.82 Å². The van der Waals surface area contributed by atoms with Gasteiger partial charge in [0.1, 0.15) is 17.1 Å². The molecule has 172 valence electrons. The topological polar surface area (TPSA) is 108 Å². The Labute approximate surface area is 186 Å².